The largest absolute Gasteiger partial charge is 0.493 e. The Kier molecular flexibility index (Phi) is 6.91. The zero-order valence-electron chi connectivity index (χ0n) is 18.1. The highest BCUT2D eigenvalue weighted by molar-refractivity contribution is 6.31. The maximum absolute atomic E-state index is 12.4. The number of allylic oxidation sites excluding steroid dienone is 1. The zero-order valence-corrected chi connectivity index (χ0v) is 18.8. The van der Waals surface area contributed by atoms with Gasteiger partial charge in [0, 0.05) is 21.7 Å². The number of hydrogen-bond donors (Lipinski definition) is 0. The van der Waals surface area contributed by atoms with Gasteiger partial charge in [-0.05, 0) is 36.3 Å². The molecule has 0 saturated carbocycles. The smallest absolute Gasteiger partial charge is 0.368 e. The summed E-state index contributed by atoms with van der Waals surface area (Å²) in [6.45, 7) is 4.15. The van der Waals surface area contributed by atoms with Crippen LogP contribution >= 0.6 is 11.6 Å². The monoisotopic (exact) mass is 459 g/mol. The summed E-state index contributed by atoms with van der Waals surface area (Å²) < 4.78 is 11.7. The Balaban J connectivity index is 1.70. The number of halogens is 1. The molecule has 4 rings (SSSR count). The number of hydrogen-bond acceptors (Lipinski definition) is 5. The molecule has 0 unspecified atom stereocenters. The van der Waals surface area contributed by atoms with E-state index in [0.717, 1.165) is 22.3 Å². The Bertz CT molecular complexity index is 1250. The predicted molar refractivity (Wildman–Crippen MR) is 130 cm³/mol. The van der Waals surface area contributed by atoms with Crippen molar-refractivity contribution in [3.05, 3.63) is 112 Å². The molecule has 1 heterocycles. The first-order valence-electron chi connectivity index (χ1n) is 10.4. The Hall–Kier alpha value is -3.83. The number of carbonyl (C=O) groups is 1. The number of oxime groups is 1. The molecule has 1 aliphatic rings. The lowest BCUT2D eigenvalue weighted by atomic mass is 9.99. The van der Waals surface area contributed by atoms with Crippen LogP contribution in [0.2, 0.25) is 5.02 Å². The minimum Gasteiger partial charge on any atom is -0.493 e. The Morgan fingerprint density at radius 3 is 2.55 bits per heavy atom. The number of benzene rings is 3. The van der Waals surface area contributed by atoms with Crippen molar-refractivity contribution in [2.45, 2.75) is 13.0 Å². The number of ether oxygens (including phenoxy) is 2. The molecule has 6 heteroatoms. The number of methoxy groups -OCH3 is 1. The third-order valence-corrected chi connectivity index (χ3v) is 5.49. The summed E-state index contributed by atoms with van der Waals surface area (Å²) in [4.78, 5) is 17.4. The van der Waals surface area contributed by atoms with Gasteiger partial charge in [0.2, 0.25) is 0 Å². The molecule has 33 heavy (non-hydrogen) atoms. The van der Waals surface area contributed by atoms with Gasteiger partial charge in [-0.2, -0.15) is 0 Å². The number of nitrogens with zero attached hydrogens (tertiary/aromatic N) is 1. The van der Waals surface area contributed by atoms with Crippen LogP contribution in [0.4, 0.5) is 0 Å². The summed E-state index contributed by atoms with van der Waals surface area (Å²) in [5, 5.41) is 4.60. The van der Waals surface area contributed by atoms with E-state index in [0.29, 0.717) is 34.2 Å². The van der Waals surface area contributed by atoms with E-state index < -0.39 is 5.97 Å². The summed E-state index contributed by atoms with van der Waals surface area (Å²) in [6.07, 6.45) is 4.08. The second-order valence-electron chi connectivity index (χ2n) is 7.33. The van der Waals surface area contributed by atoms with Gasteiger partial charge in [-0.3, -0.25) is 0 Å². The van der Waals surface area contributed by atoms with E-state index >= 15 is 0 Å². The third-order valence-electron chi connectivity index (χ3n) is 5.12. The van der Waals surface area contributed by atoms with Crippen molar-refractivity contribution in [3.63, 3.8) is 0 Å². The van der Waals surface area contributed by atoms with Crippen molar-refractivity contribution in [3.8, 4) is 11.5 Å². The first kappa shape index (κ1) is 22.4. The molecule has 0 amide bonds. The fourth-order valence-electron chi connectivity index (χ4n) is 3.54. The maximum Gasteiger partial charge on any atom is 0.368 e. The molecule has 0 saturated heterocycles. The molecule has 3 aromatic rings. The van der Waals surface area contributed by atoms with Gasteiger partial charge >= 0.3 is 5.97 Å². The Morgan fingerprint density at radius 1 is 1.06 bits per heavy atom. The summed E-state index contributed by atoms with van der Waals surface area (Å²) in [6, 6.07) is 20.7. The van der Waals surface area contributed by atoms with E-state index in [9.17, 15) is 4.79 Å². The highest BCUT2D eigenvalue weighted by atomic mass is 35.5. The zero-order chi connectivity index (χ0) is 23.2. The van der Waals surface area contributed by atoms with Crippen LogP contribution in [0.15, 0.2) is 90.1 Å². The molecule has 0 radical (unpaired) electrons. The van der Waals surface area contributed by atoms with Crippen LogP contribution < -0.4 is 9.47 Å². The summed E-state index contributed by atoms with van der Waals surface area (Å²) >= 11 is 6.27. The third kappa shape index (κ3) is 4.99. The van der Waals surface area contributed by atoms with Crippen molar-refractivity contribution < 1.29 is 19.1 Å². The van der Waals surface area contributed by atoms with Crippen molar-refractivity contribution in [2.24, 2.45) is 5.16 Å². The van der Waals surface area contributed by atoms with Crippen molar-refractivity contribution in [2.75, 3.05) is 7.11 Å². The number of carbonyl (C=O) groups excluding carboxylic acids is 1. The number of rotatable bonds is 8. The molecule has 0 atom stereocenters. The maximum atomic E-state index is 12.4. The van der Waals surface area contributed by atoms with Crippen LogP contribution in [0, 0.1) is 0 Å². The van der Waals surface area contributed by atoms with Gasteiger partial charge in [-0.15, -0.1) is 6.58 Å². The molecule has 0 spiro atoms. The van der Waals surface area contributed by atoms with Crippen molar-refractivity contribution in [1.82, 2.24) is 0 Å². The summed E-state index contributed by atoms with van der Waals surface area (Å²) in [5.41, 5.74) is 4.16. The van der Waals surface area contributed by atoms with Gasteiger partial charge < -0.3 is 14.3 Å². The molecule has 0 N–H and O–H groups in total. The topological polar surface area (TPSA) is 57.1 Å². The van der Waals surface area contributed by atoms with Crippen LogP contribution in [-0.4, -0.2) is 18.8 Å². The standard InChI is InChI=1S/C27H22ClNO4/c1-3-9-20-14-18(15-22-25(29-33-27(22)30)19-10-5-4-6-11-19)16-24(31-2)26(20)32-17-21-12-7-8-13-23(21)28/h3-8,10-16H,1,9,17H2,2H3/b22-15-. The van der Waals surface area contributed by atoms with Gasteiger partial charge in [-0.1, -0.05) is 71.4 Å². The minimum atomic E-state index is -0.503. The average Bonchev–Trinajstić information content (AvgIpc) is 3.19. The van der Waals surface area contributed by atoms with Gasteiger partial charge in [0.05, 0.1) is 12.7 Å². The lowest BCUT2D eigenvalue weighted by Gasteiger charge is -2.16. The van der Waals surface area contributed by atoms with Gasteiger partial charge in [0.15, 0.2) is 11.5 Å². The Morgan fingerprint density at radius 2 is 1.82 bits per heavy atom. The molecule has 3 aromatic carbocycles. The van der Waals surface area contributed by atoms with E-state index in [-0.39, 0.29) is 6.61 Å². The molecule has 1 aliphatic heterocycles. The van der Waals surface area contributed by atoms with E-state index in [2.05, 4.69) is 11.7 Å². The van der Waals surface area contributed by atoms with E-state index in [1.54, 1.807) is 19.3 Å². The summed E-state index contributed by atoms with van der Waals surface area (Å²) in [5.74, 6) is 0.639. The van der Waals surface area contributed by atoms with Crippen LogP contribution in [0.1, 0.15) is 22.3 Å². The van der Waals surface area contributed by atoms with E-state index in [4.69, 9.17) is 25.9 Å². The molecule has 166 valence electrons. The minimum absolute atomic E-state index is 0.289. The Labute approximate surface area is 197 Å². The SMILES string of the molecule is C=CCc1cc(/C=C2\C(=O)ON=C2c2ccccc2)cc(OC)c1OCc1ccccc1Cl. The fraction of sp³-hybridized carbons (Fsp3) is 0.111. The van der Waals surface area contributed by atoms with Crippen LogP contribution in [0.3, 0.4) is 0 Å². The molecule has 0 fully saturated rings. The molecule has 0 aliphatic carbocycles. The van der Waals surface area contributed by atoms with E-state index in [1.807, 2.05) is 66.7 Å². The normalized spacial score (nSPS) is 14.1. The molecular formula is C27H22ClNO4. The predicted octanol–water partition coefficient (Wildman–Crippen LogP) is 6.00. The highest BCUT2D eigenvalue weighted by Crippen LogP contribution is 2.36. The highest BCUT2D eigenvalue weighted by Gasteiger charge is 2.27. The van der Waals surface area contributed by atoms with Gasteiger partial charge in [-0.25, -0.2) is 4.79 Å². The summed E-state index contributed by atoms with van der Waals surface area (Å²) in [7, 11) is 1.58. The molecule has 0 bridgehead atoms. The lowest BCUT2D eigenvalue weighted by molar-refractivity contribution is -0.136. The van der Waals surface area contributed by atoms with Gasteiger partial charge in [0.1, 0.15) is 12.3 Å². The van der Waals surface area contributed by atoms with Crippen molar-refractivity contribution >= 4 is 29.4 Å². The second kappa shape index (κ2) is 10.2. The van der Waals surface area contributed by atoms with Crippen molar-refractivity contribution in [1.29, 1.82) is 0 Å². The first-order chi connectivity index (χ1) is 16.1. The quantitative estimate of drug-likeness (QED) is 0.235. The second-order valence-corrected chi connectivity index (χ2v) is 7.73. The average molecular weight is 460 g/mol. The lowest BCUT2D eigenvalue weighted by Crippen LogP contribution is -2.07. The van der Waals surface area contributed by atoms with Crippen LogP contribution in [0.25, 0.3) is 6.08 Å². The molecule has 0 aromatic heterocycles. The first-order valence-corrected chi connectivity index (χ1v) is 10.7. The molecular weight excluding hydrogens is 438 g/mol. The van der Waals surface area contributed by atoms with Crippen LogP contribution in [-0.2, 0) is 22.7 Å². The van der Waals surface area contributed by atoms with Gasteiger partial charge in [0.25, 0.3) is 0 Å². The van der Waals surface area contributed by atoms with E-state index in [1.165, 1.54) is 0 Å². The van der Waals surface area contributed by atoms with Crippen LogP contribution in [0.5, 0.6) is 11.5 Å². The molecule has 5 nitrogen and oxygen atoms in total. The fourth-order valence-corrected chi connectivity index (χ4v) is 3.73.